The molecule has 0 heterocycles. The van der Waals surface area contributed by atoms with Gasteiger partial charge < -0.3 is 0 Å². The molecule has 0 radical (unpaired) electrons. The summed E-state index contributed by atoms with van der Waals surface area (Å²) in [5.74, 6) is 0. The van der Waals surface area contributed by atoms with E-state index in [0.29, 0.717) is 0 Å². The Morgan fingerprint density at radius 3 is 1.72 bits per heavy atom. The highest BCUT2D eigenvalue weighted by molar-refractivity contribution is 9.72. The fraction of sp³-hybridized carbons (Fsp3) is 0.400. The second-order valence-electron chi connectivity index (χ2n) is 3.58. The van der Waals surface area contributed by atoms with E-state index in [4.69, 9.17) is 33.2 Å². The lowest BCUT2D eigenvalue weighted by atomic mass is 10.4. The highest BCUT2D eigenvalue weighted by Crippen LogP contribution is 2.27. The maximum atomic E-state index is 5.58. The molecule has 0 bridgehead atoms. The van der Waals surface area contributed by atoms with Crippen molar-refractivity contribution in [3.05, 3.63) is 30.3 Å². The average molecular weight is 536 g/mol. The number of halogens is 6. The fourth-order valence-corrected chi connectivity index (χ4v) is 5.91. The second kappa shape index (κ2) is 9.82. The first-order chi connectivity index (χ1) is 8.17. The highest BCUT2D eigenvalue weighted by Gasteiger charge is 2.24. The normalized spacial score (nSPS) is 11.7. The molecule has 0 aliphatic rings. The third kappa shape index (κ3) is 11.8. The molecule has 0 spiro atoms. The molecular weight excluding hydrogens is 522 g/mol. The molecule has 0 aromatic heterocycles. The summed E-state index contributed by atoms with van der Waals surface area (Å²) in [6.45, 7) is 2.09. The van der Waals surface area contributed by atoms with Gasteiger partial charge in [0.25, 0.3) is 3.93 Å². The Kier molecular flexibility index (Phi) is 10.9. The monoisotopic (exact) mass is 532 g/mol. The molecule has 0 N–H and O–H groups in total. The van der Waals surface area contributed by atoms with Gasteiger partial charge in [-0.3, -0.25) is 0 Å². The molecule has 0 saturated heterocycles. The van der Waals surface area contributed by atoms with Gasteiger partial charge in [0.2, 0.25) is 0 Å². The summed E-state index contributed by atoms with van der Waals surface area (Å²) in [6.07, 6.45) is 2.16. The van der Waals surface area contributed by atoms with Gasteiger partial charge in [-0.15, -0.1) is 33.2 Å². The van der Waals surface area contributed by atoms with Crippen LogP contribution in [0.5, 0.6) is 0 Å². The second-order valence-corrected chi connectivity index (χ2v) is 34.7. The molecule has 1 aromatic rings. The molecule has 0 aliphatic heterocycles. The van der Waals surface area contributed by atoms with Crippen molar-refractivity contribution in [1.82, 2.24) is 0 Å². The maximum absolute atomic E-state index is 5.58. The van der Waals surface area contributed by atoms with Crippen LogP contribution in [0, 0.1) is 0 Å². The third-order valence-corrected chi connectivity index (χ3v) is 9.64. The molecule has 0 aliphatic carbocycles. The smallest absolute Gasteiger partial charge is 0.126 e. The van der Waals surface area contributed by atoms with Gasteiger partial charge in [0.05, 0.1) is 0 Å². The van der Waals surface area contributed by atoms with E-state index in [-0.39, 0.29) is 0 Å². The van der Waals surface area contributed by atoms with Crippen molar-refractivity contribution < 1.29 is 0 Å². The van der Waals surface area contributed by atoms with Gasteiger partial charge in [-0.1, -0.05) is 96.0 Å². The van der Waals surface area contributed by atoms with Crippen molar-refractivity contribution in [2.45, 2.75) is 25.8 Å². The minimum Gasteiger partial charge on any atom is -0.126 e. The summed E-state index contributed by atoms with van der Waals surface area (Å²) >= 11 is 27.4. The average Bonchev–Trinajstić information content (AvgIpc) is 2.26. The van der Waals surface area contributed by atoms with E-state index in [1.165, 1.54) is 5.19 Å². The zero-order chi connectivity index (χ0) is 14.2. The van der Waals surface area contributed by atoms with Crippen LogP contribution in [0.4, 0.5) is 0 Å². The van der Waals surface area contributed by atoms with E-state index in [9.17, 15) is 0 Å². The number of benzene rings is 1. The number of hydrogen-bond acceptors (Lipinski definition) is 0. The van der Waals surface area contributed by atoms with Crippen molar-refractivity contribution in [2.24, 2.45) is 0 Å². The first kappa shape index (κ1) is 20.0. The van der Waals surface area contributed by atoms with Gasteiger partial charge in [0, 0.05) is 0 Å². The Bertz CT molecular complexity index is 325. The summed E-state index contributed by atoms with van der Waals surface area (Å²) in [6, 6.07) is 8.78. The van der Waals surface area contributed by atoms with Gasteiger partial charge in [-0.2, -0.15) is 0 Å². The van der Waals surface area contributed by atoms with Crippen LogP contribution in [0.1, 0.15) is 19.8 Å². The Hall–Kier alpha value is 1.96. The van der Waals surface area contributed by atoms with Gasteiger partial charge in [-0.25, -0.2) is 0 Å². The minimum atomic E-state index is -2.26. The summed E-state index contributed by atoms with van der Waals surface area (Å²) < 4.78 is -1.60. The van der Waals surface area contributed by atoms with Crippen LogP contribution in [0.15, 0.2) is 30.3 Å². The minimum absolute atomic E-state index is 0.800. The molecule has 0 atom stereocenters. The first-order valence-electron chi connectivity index (χ1n) is 5.36. The Balaban J connectivity index is 0.000000331. The zero-order valence-electron chi connectivity index (χ0n) is 9.78. The van der Waals surface area contributed by atoms with E-state index in [1.807, 2.05) is 18.2 Å². The van der Waals surface area contributed by atoms with Gasteiger partial charge >= 0.3 is 6.00 Å². The molecule has 0 amide bonds. The van der Waals surface area contributed by atoms with Crippen molar-refractivity contribution >= 4 is 94.2 Å². The molecule has 1 rings (SSSR count). The largest absolute Gasteiger partial charge is 0.341 e. The van der Waals surface area contributed by atoms with Crippen LogP contribution in [0.2, 0.25) is 6.04 Å². The number of unbranched alkanes of at least 4 members (excludes halogenated alkanes) is 1. The van der Waals surface area contributed by atoms with Crippen molar-refractivity contribution in [1.29, 1.82) is 0 Å². The lowest BCUT2D eigenvalue weighted by Gasteiger charge is -2.07. The van der Waals surface area contributed by atoms with Gasteiger partial charge in [0.15, 0.2) is 0 Å². The molecule has 0 fully saturated rings. The fourth-order valence-electron chi connectivity index (χ4n) is 1.00. The summed E-state index contributed by atoms with van der Waals surface area (Å²) in [5, 5.41) is 1.29. The molecule has 18 heavy (non-hydrogen) atoms. The summed E-state index contributed by atoms with van der Waals surface area (Å²) in [7, 11) is 0. The maximum Gasteiger partial charge on any atom is 0.341 e. The van der Waals surface area contributed by atoms with Crippen LogP contribution in [-0.4, -0.2) is 9.93 Å². The Morgan fingerprint density at radius 1 is 1.00 bits per heavy atom. The van der Waals surface area contributed by atoms with E-state index in [0.717, 1.165) is 18.9 Å². The van der Waals surface area contributed by atoms with Gasteiger partial charge in [-0.05, 0) is 11.2 Å². The van der Waals surface area contributed by atoms with Crippen LogP contribution in [0.3, 0.4) is 0 Å². The summed E-state index contributed by atoms with van der Waals surface area (Å²) in [5.41, 5.74) is 0. The lowest BCUT2D eigenvalue weighted by Crippen LogP contribution is -2.27. The van der Waals surface area contributed by atoms with E-state index in [1.54, 1.807) is 0 Å². The Morgan fingerprint density at radius 2 is 1.50 bits per heavy atom. The van der Waals surface area contributed by atoms with Crippen molar-refractivity contribution in [3.63, 3.8) is 0 Å². The predicted octanol–water partition coefficient (Wildman–Crippen LogP) is 6.46. The quantitative estimate of drug-likeness (QED) is 0.306. The molecule has 1 aromatic carbocycles. The van der Waals surface area contributed by atoms with Crippen LogP contribution < -0.4 is 5.19 Å². The van der Waals surface area contributed by atoms with Crippen LogP contribution in [-0.2, 0) is 0 Å². The van der Waals surface area contributed by atoms with Gasteiger partial charge in [0.1, 0.15) is 0 Å². The third-order valence-electron chi connectivity index (χ3n) is 1.91. The molecule has 0 unspecified atom stereocenters. The van der Waals surface area contributed by atoms with Crippen LogP contribution in [0.25, 0.3) is 0 Å². The zero-order valence-corrected chi connectivity index (χ0v) is 18.8. The van der Waals surface area contributed by atoms with E-state index >= 15 is 0 Å². The van der Waals surface area contributed by atoms with Crippen LogP contribution >= 0.6 is 79.1 Å². The first-order valence-corrected chi connectivity index (χ1v) is 19.4. The highest BCUT2D eigenvalue weighted by atomic mass is 80.0. The van der Waals surface area contributed by atoms with Crippen molar-refractivity contribution in [2.75, 3.05) is 0 Å². The molecular formula is C10H14Br3Cl3Si2. The molecule has 104 valence electrons. The van der Waals surface area contributed by atoms with E-state index < -0.39 is 9.93 Å². The number of rotatable bonds is 4. The Labute approximate surface area is 149 Å². The van der Waals surface area contributed by atoms with E-state index in [2.05, 4.69) is 64.9 Å². The number of hydrogen-bond donors (Lipinski definition) is 0. The predicted molar refractivity (Wildman–Crippen MR) is 102 cm³/mol. The van der Waals surface area contributed by atoms with Crippen molar-refractivity contribution in [3.8, 4) is 0 Å². The standard InChI is InChI=1S/C6H5Br3Si.C4H9Cl3Si/c7-10(8,9)6-4-2-1-3-5-6;1-2-3-4-8(5,6)7/h1-5H;2-4H2,1H3. The lowest BCUT2D eigenvalue weighted by molar-refractivity contribution is 0.879. The SMILES string of the molecule is Br[Si](Br)(Br)c1ccccc1.CCCC[Si](Cl)(Cl)Cl. The summed E-state index contributed by atoms with van der Waals surface area (Å²) in [4.78, 5) is 0. The molecule has 0 nitrogen and oxygen atoms in total. The molecule has 0 saturated carbocycles. The topological polar surface area (TPSA) is 0 Å². The molecule has 8 heteroatoms.